The van der Waals surface area contributed by atoms with Crippen molar-refractivity contribution >= 4 is 5.97 Å². The zero-order valence-electron chi connectivity index (χ0n) is 15.6. The lowest BCUT2D eigenvalue weighted by atomic mass is 9.83. The van der Waals surface area contributed by atoms with Crippen molar-refractivity contribution in [1.29, 1.82) is 0 Å². The van der Waals surface area contributed by atoms with Crippen molar-refractivity contribution in [2.75, 3.05) is 13.7 Å². The maximum atomic E-state index is 12.4. The summed E-state index contributed by atoms with van der Waals surface area (Å²) < 4.78 is 5.12. The van der Waals surface area contributed by atoms with Crippen LogP contribution >= 0.6 is 0 Å². The molecule has 138 valence electrons. The lowest BCUT2D eigenvalue weighted by Crippen LogP contribution is -2.46. The number of carbonyl (C=O) groups excluding carboxylic acids is 1. The molecule has 0 amide bonds. The van der Waals surface area contributed by atoms with Gasteiger partial charge in [0, 0.05) is 19.1 Å². The van der Waals surface area contributed by atoms with Crippen LogP contribution in [0.4, 0.5) is 0 Å². The first kappa shape index (κ1) is 18.7. The van der Waals surface area contributed by atoms with Gasteiger partial charge in [-0.05, 0) is 30.4 Å². The smallest absolute Gasteiger partial charge is 0.310 e. The van der Waals surface area contributed by atoms with E-state index in [2.05, 4.69) is 65.6 Å². The normalized spacial score (nSPS) is 20.1. The lowest BCUT2D eigenvalue weighted by Gasteiger charge is -2.39. The highest BCUT2D eigenvalue weighted by atomic mass is 16.5. The number of hydrogen-bond acceptors (Lipinski definition) is 3. The summed E-state index contributed by atoms with van der Waals surface area (Å²) in [4.78, 5) is 14.9. The molecular weight excluding hydrogens is 322 g/mol. The molecule has 3 rings (SSSR count). The molecule has 3 nitrogen and oxygen atoms in total. The van der Waals surface area contributed by atoms with E-state index < -0.39 is 0 Å². The van der Waals surface area contributed by atoms with Crippen LogP contribution in [0.3, 0.4) is 0 Å². The van der Waals surface area contributed by atoms with Crippen molar-refractivity contribution in [1.82, 2.24) is 4.90 Å². The van der Waals surface area contributed by atoms with Gasteiger partial charge < -0.3 is 4.74 Å². The van der Waals surface area contributed by atoms with Crippen LogP contribution in [0.25, 0.3) is 0 Å². The Balaban J connectivity index is 1.77. The van der Waals surface area contributed by atoms with Crippen molar-refractivity contribution in [2.45, 2.75) is 44.7 Å². The van der Waals surface area contributed by atoms with Gasteiger partial charge in [0.25, 0.3) is 0 Å². The van der Waals surface area contributed by atoms with E-state index in [9.17, 15) is 4.79 Å². The molecule has 0 unspecified atom stereocenters. The fourth-order valence-electron chi connectivity index (χ4n) is 4.07. The molecule has 3 heteroatoms. The third-order valence-corrected chi connectivity index (χ3v) is 5.46. The molecule has 0 radical (unpaired) electrons. The second-order valence-corrected chi connectivity index (χ2v) is 7.17. The lowest BCUT2D eigenvalue weighted by molar-refractivity contribution is -0.149. The van der Waals surface area contributed by atoms with E-state index in [0.717, 1.165) is 38.8 Å². The van der Waals surface area contributed by atoms with E-state index in [4.69, 9.17) is 4.74 Å². The van der Waals surface area contributed by atoms with Crippen LogP contribution in [0.2, 0.25) is 0 Å². The molecule has 0 aliphatic heterocycles. The molecule has 2 aromatic rings. The Kier molecular flexibility index (Phi) is 6.84. The highest BCUT2D eigenvalue weighted by Gasteiger charge is 2.35. The minimum atomic E-state index is -0.0486. The Bertz CT molecular complexity index is 671. The maximum Gasteiger partial charge on any atom is 0.310 e. The van der Waals surface area contributed by atoms with Crippen LogP contribution in [0.5, 0.6) is 0 Å². The second kappa shape index (κ2) is 9.54. The van der Waals surface area contributed by atoms with Crippen LogP contribution in [0.15, 0.2) is 60.7 Å². The van der Waals surface area contributed by atoms with Gasteiger partial charge in [0.15, 0.2) is 0 Å². The number of esters is 1. The van der Waals surface area contributed by atoms with Crippen LogP contribution in [-0.4, -0.2) is 30.6 Å². The molecule has 0 bridgehead atoms. The van der Waals surface area contributed by atoms with Crippen molar-refractivity contribution in [3.8, 4) is 0 Å². The van der Waals surface area contributed by atoms with Gasteiger partial charge in [0.1, 0.15) is 0 Å². The molecule has 0 saturated heterocycles. The van der Waals surface area contributed by atoms with Crippen molar-refractivity contribution in [3.63, 3.8) is 0 Å². The molecule has 2 aromatic carbocycles. The quantitative estimate of drug-likeness (QED) is 0.690. The third-order valence-electron chi connectivity index (χ3n) is 5.46. The minimum Gasteiger partial charge on any atom is -0.469 e. The topological polar surface area (TPSA) is 29.5 Å². The molecule has 0 aromatic heterocycles. The van der Waals surface area contributed by atoms with E-state index in [-0.39, 0.29) is 17.9 Å². The van der Waals surface area contributed by atoms with E-state index >= 15 is 0 Å². The molecule has 1 fully saturated rings. The van der Waals surface area contributed by atoms with Crippen molar-refractivity contribution in [3.05, 3.63) is 71.8 Å². The van der Waals surface area contributed by atoms with Crippen LogP contribution in [-0.2, 0) is 22.5 Å². The Hall–Kier alpha value is -2.13. The molecule has 1 aliphatic carbocycles. The average molecular weight is 351 g/mol. The molecule has 0 heterocycles. The molecule has 0 spiro atoms. The second-order valence-electron chi connectivity index (χ2n) is 7.17. The molecular formula is C23H29NO2. The van der Waals surface area contributed by atoms with E-state index in [1.807, 2.05) is 0 Å². The number of benzene rings is 2. The van der Waals surface area contributed by atoms with Gasteiger partial charge >= 0.3 is 5.97 Å². The summed E-state index contributed by atoms with van der Waals surface area (Å²) >= 11 is 0. The van der Waals surface area contributed by atoms with E-state index in [0.29, 0.717) is 0 Å². The number of methoxy groups -OCH3 is 1. The van der Waals surface area contributed by atoms with Gasteiger partial charge in [-0.2, -0.15) is 0 Å². The van der Waals surface area contributed by atoms with E-state index in [1.165, 1.54) is 24.7 Å². The van der Waals surface area contributed by atoms with Crippen LogP contribution in [0.1, 0.15) is 36.8 Å². The van der Waals surface area contributed by atoms with Crippen molar-refractivity contribution < 1.29 is 9.53 Å². The average Bonchev–Trinajstić information content (AvgIpc) is 2.72. The number of nitrogens with zero attached hydrogens (tertiary/aromatic N) is 1. The van der Waals surface area contributed by atoms with Gasteiger partial charge in [-0.15, -0.1) is 0 Å². The molecule has 26 heavy (non-hydrogen) atoms. The number of rotatable bonds is 7. The summed E-state index contributed by atoms with van der Waals surface area (Å²) in [7, 11) is 1.51. The summed E-state index contributed by atoms with van der Waals surface area (Å²) in [5, 5.41) is 0. The Morgan fingerprint density at radius 1 is 0.962 bits per heavy atom. The Labute approximate surface area is 157 Å². The summed E-state index contributed by atoms with van der Waals surface area (Å²) in [6.45, 7) is 1.84. The predicted molar refractivity (Wildman–Crippen MR) is 105 cm³/mol. The number of ether oxygens (including phenoxy) is 1. The van der Waals surface area contributed by atoms with E-state index in [1.54, 1.807) is 0 Å². The first-order valence-corrected chi connectivity index (χ1v) is 9.67. The minimum absolute atomic E-state index is 0.00626. The number of carbonyl (C=O) groups is 1. The summed E-state index contributed by atoms with van der Waals surface area (Å²) in [6, 6.07) is 21.4. The van der Waals surface area contributed by atoms with Crippen molar-refractivity contribution in [2.24, 2.45) is 5.92 Å². The summed E-state index contributed by atoms with van der Waals surface area (Å²) in [5.74, 6) is -0.0549. The van der Waals surface area contributed by atoms with Gasteiger partial charge in [0.2, 0.25) is 0 Å². The molecule has 1 aliphatic rings. The highest BCUT2D eigenvalue weighted by molar-refractivity contribution is 5.73. The van der Waals surface area contributed by atoms with Gasteiger partial charge in [-0.3, -0.25) is 9.69 Å². The molecule has 2 atom stereocenters. The van der Waals surface area contributed by atoms with Gasteiger partial charge in [0.05, 0.1) is 13.0 Å². The zero-order valence-corrected chi connectivity index (χ0v) is 15.6. The van der Waals surface area contributed by atoms with Gasteiger partial charge in [-0.1, -0.05) is 73.5 Å². The van der Waals surface area contributed by atoms with Crippen LogP contribution in [0, 0.1) is 5.92 Å². The monoisotopic (exact) mass is 351 g/mol. The molecule has 1 saturated carbocycles. The fraction of sp³-hybridized carbons (Fsp3) is 0.435. The zero-order chi connectivity index (χ0) is 18.2. The SMILES string of the molecule is COC(=O)[C@H]1CCCC[C@@H]1N(CCc1ccccc1)Cc1ccccc1. The maximum absolute atomic E-state index is 12.4. The third kappa shape index (κ3) is 4.95. The fourth-order valence-corrected chi connectivity index (χ4v) is 4.07. The summed E-state index contributed by atoms with van der Waals surface area (Å²) in [6.07, 6.45) is 5.32. The largest absolute Gasteiger partial charge is 0.469 e. The molecule has 0 N–H and O–H groups in total. The Morgan fingerprint density at radius 3 is 2.23 bits per heavy atom. The van der Waals surface area contributed by atoms with Crippen LogP contribution < -0.4 is 0 Å². The highest BCUT2D eigenvalue weighted by Crippen LogP contribution is 2.30. The standard InChI is InChI=1S/C23H29NO2/c1-26-23(25)21-14-8-9-15-22(21)24(18-20-12-6-3-7-13-20)17-16-19-10-4-2-5-11-19/h2-7,10-13,21-22H,8-9,14-18H2,1H3/t21-,22-/m0/s1. The predicted octanol–water partition coefficient (Wildman–Crippen LogP) is 4.46. The first-order chi connectivity index (χ1) is 12.8. The first-order valence-electron chi connectivity index (χ1n) is 9.67. The summed E-state index contributed by atoms with van der Waals surface area (Å²) in [5.41, 5.74) is 2.64. The number of hydrogen-bond donors (Lipinski definition) is 0. The van der Waals surface area contributed by atoms with Gasteiger partial charge in [-0.25, -0.2) is 0 Å². The Morgan fingerprint density at radius 2 is 1.58 bits per heavy atom.